The Morgan fingerprint density at radius 3 is 2.34 bits per heavy atom. The second kappa shape index (κ2) is 9.98. The fourth-order valence-corrected chi connectivity index (χ4v) is 5.42. The molecule has 0 fully saturated rings. The minimum Gasteiger partial charge on any atom is -0.480 e. The highest BCUT2D eigenvalue weighted by Gasteiger charge is 2.36. The first kappa shape index (κ1) is 25.5. The molecule has 1 aliphatic rings. The van der Waals surface area contributed by atoms with Crippen LogP contribution in [0.15, 0.2) is 72.8 Å². The number of carbonyl (C=O) groups is 2. The van der Waals surface area contributed by atoms with Gasteiger partial charge in [0, 0.05) is 34.3 Å². The summed E-state index contributed by atoms with van der Waals surface area (Å²) in [4.78, 5) is 23.8. The number of nitrogens with zero attached hydrogens (tertiary/aromatic N) is 1. The van der Waals surface area contributed by atoms with E-state index in [2.05, 4.69) is 4.57 Å². The van der Waals surface area contributed by atoms with E-state index in [1.54, 1.807) is 12.1 Å². The van der Waals surface area contributed by atoms with Gasteiger partial charge < -0.3 is 20.1 Å². The number of alkyl halides is 3. The lowest BCUT2D eigenvalue weighted by Gasteiger charge is -2.31. The van der Waals surface area contributed by atoms with Crippen molar-refractivity contribution in [1.29, 1.82) is 0 Å². The lowest BCUT2D eigenvalue weighted by Crippen LogP contribution is -2.23. The number of aromatic nitrogens is 1. The predicted octanol–water partition coefficient (Wildman–Crippen LogP) is 5.68. The monoisotopic (exact) mass is 522 g/mol. The van der Waals surface area contributed by atoms with Gasteiger partial charge in [-0.25, -0.2) is 4.79 Å². The highest BCUT2D eigenvalue weighted by molar-refractivity contribution is 6.08. The Hall–Kier alpha value is -4.11. The molecule has 196 valence electrons. The van der Waals surface area contributed by atoms with Crippen LogP contribution < -0.4 is 5.73 Å². The first-order valence-electron chi connectivity index (χ1n) is 12.1. The number of primary amides is 1. The van der Waals surface area contributed by atoms with E-state index in [9.17, 15) is 27.9 Å². The number of ether oxygens (including phenoxy) is 1. The zero-order valence-corrected chi connectivity index (χ0v) is 20.2. The van der Waals surface area contributed by atoms with E-state index in [0.717, 1.165) is 28.9 Å². The van der Waals surface area contributed by atoms with Gasteiger partial charge in [0.2, 0.25) is 5.91 Å². The van der Waals surface area contributed by atoms with Crippen molar-refractivity contribution in [2.24, 2.45) is 5.73 Å². The SMILES string of the molecule is NC(=O)c1cccc2c1c1c(n2Cc2ccccc2)CC(c2ccc(C(F)(F)F)cc2)CC1OCC(=O)O. The van der Waals surface area contributed by atoms with Gasteiger partial charge in [-0.3, -0.25) is 4.79 Å². The average molecular weight is 523 g/mol. The third-order valence-electron chi connectivity index (χ3n) is 7.07. The maximum absolute atomic E-state index is 13.2. The van der Waals surface area contributed by atoms with Gasteiger partial charge in [0.1, 0.15) is 6.61 Å². The molecule has 0 saturated carbocycles. The summed E-state index contributed by atoms with van der Waals surface area (Å²) in [5.74, 6) is -2.00. The van der Waals surface area contributed by atoms with Crippen molar-refractivity contribution in [2.75, 3.05) is 6.61 Å². The molecule has 38 heavy (non-hydrogen) atoms. The Morgan fingerprint density at radius 2 is 1.71 bits per heavy atom. The second-order valence-electron chi connectivity index (χ2n) is 9.45. The molecule has 1 aromatic heterocycles. The maximum atomic E-state index is 13.2. The molecule has 2 atom stereocenters. The third kappa shape index (κ3) is 4.89. The van der Waals surface area contributed by atoms with Crippen molar-refractivity contribution in [1.82, 2.24) is 4.57 Å². The maximum Gasteiger partial charge on any atom is 0.416 e. The van der Waals surface area contributed by atoms with Crippen LogP contribution in [0.25, 0.3) is 10.9 Å². The molecule has 9 heteroatoms. The van der Waals surface area contributed by atoms with Crippen molar-refractivity contribution in [3.8, 4) is 0 Å². The van der Waals surface area contributed by atoms with E-state index >= 15 is 0 Å². The fourth-order valence-electron chi connectivity index (χ4n) is 5.42. The highest BCUT2D eigenvalue weighted by atomic mass is 19.4. The van der Waals surface area contributed by atoms with E-state index in [0.29, 0.717) is 41.5 Å². The first-order chi connectivity index (χ1) is 18.1. The minimum atomic E-state index is -4.45. The summed E-state index contributed by atoms with van der Waals surface area (Å²) < 4.78 is 47.4. The van der Waals surface area contributed by atoms with Crippen LogP contribution in [0.3, 0.4) is 0 Å². The molecule has 2 unspecified atom stereocenters. The van der Waals surface area contributed by atoms with Crippen molar-refractivity contribution >= 4 is 22.8 Å². The smallest absolute Gasteiger partial charge is 0.416 e. The molecule has 0 bridgehead atoms. The quantitative estimate of drug-likeness (QED) is 0.327. The van der Waals surface area contributed by atoms with Crippen LogP contribution in [-0.4, -0.2) is 28.2 Å². The van der Waals surface area contributed by atoms with E-state index in [1.807, 2.05) is 36.4 Å². The fraction of sp³-hybridized carbons (Fsp3) is 0.241. The van der Waals surface area contributed by atoms with Gasteiger partial charge in [-0.2, -0.15) is 13.2 Å². The van der Waals surface area contributed by atoms with Gasteiger partial charge in [-0.05, 0) is 54.2 Å². The van der Waals surface area contributed by atoms with Gasteiger partial charge in [0.05, 0.1) is 11.7 Å². The molecule has 3 aromatic carbocycles. The number of hydrogen-bond donors (Lipinski definition) is 2. The summed E-state index contributed by atoms with van der Waals surface area (Å²) in [5, 5.41) is 9.94. The van der Waals surface area contributed by atoms with Gasteiger partial charge in [0.15, 0.2) is 0 Å². The van der Waals surface area contributed by atoms with Gasteiger partial charge in [0.25, 0.3) is 0 Å². The number of carboxylic acids is 1. The lowest BCUT2D eigenvalue weighted by atomic mass is 9.80. The average Bonchev–Trinajstić information content (AvgIpc) is 3.21. The number of aliphatic carboxylic acids is 1. The zero-order valence-electron chi connectivity index (χ0n) is 20.2. The molecular formula is C29H25F3N2O4. The summed E-state index contributed by atoms with van der Waals surface area (Å²) in [6.07, 6.45) is -4.35. The van der Waals surface area contributed by atoms with Gasteiger partial charge >= 0.3 is 12.1 Å². The Bertz CT molecular complexity index is 1490. The summed E-state index contributed by atoms with van der Waals surface area (Å²) in [6.45, 7) is -0.0891. The van der Waals surface area contributed by atoms with E-state index in [-0.39, 0.29) is 5.92 Å². The van der Waals surface area contributed by atoms with Crippen LogP contribution in [0.5, 0.6) is 0 Å². The van der Waals surface area contributed by atoms with E-state index in [4.69, 9.17) is 10.5 Å². The molecule has 1 heterocycles. The Morgan fingerprint density at radius 1 is 1.00 bits per heavy atom. The number of halogens is 3. The van der Waals surface area contributed by atoms with Crippen LogP contribution in [0, 0.1) is 0 Å². The lowest BCUT2D eigenvalue weighted by molar-refractivity contribution is -0.145. The summed E-state index contributed by atoms with van der Waals surface area (Å²) in [5.41, 5.74) is 9.31. The minimum absolute atomic E-state index is 0.237. The van der Waals surface area contributed by atoms with Crippen LogP contribution >= 0.6 is 0 Å². The van der Waals surface area contributed by atoms with E-state index in [1.165, 1.54) is 12.1 Å². The molecule has 5 rings (SSSR count). The zero-order chi connectivity index (χ0) is 27.0. The van der Waals surface area contributed by atoms with Crippen LogP contribution in [0.4, 0.5) is 13.2 Å². The number of fused-ring (bicyclic) bond motifs is 3. The van der Waals surface area contributed by atoms with Crippen molar-refractivity contribution in [2.45, 2.75) is 37.6 Å². The standard InChI is InChI=1S/C29H25F3N2O4/c30-29(31,32)20-11-9-18(10-12-20)19-13-23-27(24(14-19)38-16-25(35)36)26-21(28(33)37)7-4-8-22(26)34(23)15-17-5-2-1-3-6-17/h1-12,19,24H,13-16H2,(H2,33,37)(H,35,36). The molecule has 0 spiro atoms. The largest absolute Gasteiger partial charge is 0.480 e. The van der Waals surface area contributed by atoms with Crippen LogP contribution in [-0.2, 0) is 28.7 Å². The normalized spacial score (nSPS) is 17.3. The molecule has 1 amide bonds. The molecule has 0 aliphatic heterocycles. The number of hydrogen-bond acceptors (Lipinski definition) is 3. The number of amides is 1. The topological polar surface area (TPSA) is 94.5 Å². The van der Waals surface area contributed by atoms with Crippen LogP contribution in [0.2, 0.25) is 0 Å². The Labute approximate surface area is 216 Å². The number of carboxylic acid groups (broad SMARTS) is 1. The van der Waals surface area contributed by atoms with Gasteiger partial charge in [-0.1, -0.05) is 48.5 Å². The summed E-state index contributed by atoms with van der Waals surface area (Å²) >= 11 is 0. The molecule has 1 aliphatic carbocycles. The number of nitrogens with two attached hydrogens (primary N) is 1. The predicted molar refractivity (Wildman–Crippen MR) is 135 cm³/mol. The highest BCUT2D eigenvalue weighted by Crippen LogP contribution is 2.46. The first-order valence-corrected chi connectivity index (χ1v) is 12.1. The second-order valence-corrected chi connectivity index (χ2v) is 9.45. The number of carbonyl (C=O) groups excluding carboxylic acids is 1. The number of benzene rings is 3. The number of rotatable bonds is 7. The van der Waals surface area contributed by atoms with Crippen molar-refractivity contribution < 1.29 is 32.6 Å². The molecule has 3 N–H and O–H groups in total. The molecule has 6 nitrogen and oxygen atoms in total. The molecule has 4 aromatic rings. The molecular weight excluding hydrogens is 497 g/mol. The van der Waals surface area contributed by atoms with Crippen molar-refractivity contribution in [3.05, 3.63) is 106 Å². The summed E-state index contributed by atoms with van der Waals surface area (Å²) in [7, 11) is 0. The van der Waals surface area contributed by atoms with Gasteiger partial charge in [-0.15, -0.1) is 0 Å². The third-order valence-corrected chi connectivity index (χ3v) is 7.07. The Kier molecular flexibility index (Phi) is 6.71. The van der Waals surface area contributed by atoms with Crippen molar-refractivity contribution in [3.63, 3.8) is 0 Å². The van der Waals surface area contributed by atoms with E-state index < -0.39 is 36.3 Å². The summed E-state index contributed by atoms with van der Waals surface area (Å²) in [6, 6.07) is 20.0. The van der Waals surface area contributed by atoms with Crippen LogP contribution in [0.1, 0.15) is 56.7 Å². The Balaban J connectivity index is 1.68. The molecule has 0 radical (unpaired) electrons. The molecule has 0 saturated heterocycles.